The zero-order valence-electron chi connectivity index (χ0n) is 9.53. The van der Waals surface area contributed by atoms with Crippen LogP contribution in [-0.2, 0) is 0 Å². The lowest BCUT2D eigenvalue weighted by Gasteiger charge is -2.40. The highest BCUT2D eigenvalue weighted by Crippen LogP contribution is 2.44. The maximum Gasteiger partial charge on any atom is 0.129 e. The fraction of sp³-hybridized carbons (Fsp3) is 0.500. The van der Waals surface area contributed by atoms with Crippen LogP contribution in [0.3, 0.4) is 0 Å². The lowest BCUT2D eigenvalue weighted by atomic mass is 9.91. The van der Waals surface area contributed by atoms with E-state index in [0.29, 0.717) is 5.75 Å². The van der Waals surface area contributed by atoms with Gasteiger partial charge in [-0.3, -0.25) is 0 Å². The molecular formula is C12H15BrO3. The number of hydrogen-bond donors (Lipinski definition) is 1. The Balaban J connectivity index is 2.46. The minimum atomic E-state index is -0.565. The van der Waals surface area contributed by atoms with E-state index in [0.717, 1.165) is 11.3 Å². The first-order valence-electron chi connectivity index (χ1n) is 5.15. The van der Waals surface area contributed by atoms with E-state index < -0.39 is 11.7 Å². The van der Waals surface area contributed by atoms with E-state index in [4.69, 9.17) is 9.47 Å². The smallest absolute Gasteiger partial charge is 0.129 e. The van der Waals surface area contributed by atoms with Crippen molar-refractivity contribution in [3.8, 4) is 11.5 Å². The van der Waals surface area contributed by atoms with Crippen molar-refractivity contribution in [2.75, 3.05) is 7.11 Å². The van der Waals surface area contributed by atoms with Crippen LogP contribution >= 0.6 is 15.9 Å². The normalized spacial score (nSPS) is 26.8. The van der Waals surface area contributed by atoms with Crippen LogP contribution in [0.4, 0.5) is 0 Å². The average molecular weight is 287 g/mol. The topological polar surface area (TPSA) is 38.7 Å². The molecule has 1 aliphatic rings. The van der Waals surface area contributed by atoms with Gasteiger partial charge in [0.25, 0.3) is 0 Å². The molecule has 2 rings (SSSR count). The van der Waals surface area contributed by atoms with E-state index in [-0.39, 0.29) is 4.83 Å². The summed E-state index contributed by atoms with van der Waals surface area (Å²) in [4.78, 5) is -0.124. The summed E-state index contributed by atoms with van der Waals surface area (Å²) in [5.41, 5.74) is 0.348. The molecule has 0 unspecified atom stereocenters. The maximum atomic E-state index is 10.2. The molecule has 3 nitrogen and oxygen atoms in total. The zero-order valence-corrected chi connectivity index (χ0v) is 11.1. The molecule has 0 amide bonds. The van der Waals surface area contributed by atoms with E-state index in [1.54, 1.807) is 13.2 Å². The number of benzene rings is 1. The van der Waals surface area contributed by atoms with Crippen molar-refractivity contribution in [2.24, 2.45) is 0 Å². The molecule has 1 N–H and O–H groups in total. The molecule has 88 valence electrons. The Morgan fingerprint density at radius 2 is 2.12 bits per heavy atom. The molecule has 0 bridgehead atoms. The number of aliphatic hydroxyl groups excluding tert-OH is 1. The molecule has 1 aromatic carbocycles. The molecule has 1 aliphatic heterocycles. The highest BCUT2D eigenvalue weighted by atomic mass is 79.9. The number of alkyl halides is 1. The molecule has 0 aliphatic carbocycles. The van der Waals surface area contributed by atoms with Crippen molar-refractivity contribution in [1.29, 1.82) is 0 Å². The first-order chi connectivity index (χ1) is 7.45. The first kappa shape index (κ1) is 11.7. The van der Waals surface area contributed by atoms with Crippen LogP contribution in [0, 0.1) is 0 Å². The standard InChI is InChI=1S/C12H15BrO3/c1-12(2)11(13)10(14)8-5-4-7(15-3)6-9(8)16-12/h4-6,10-11,14H,1-3H3/t10-,11-/m0/s1. The van der Waals surface area contributed by atoms with Gasteiger partial charge in [-0.25, -0.2) is 0 Å². The number of fused-ring (bicyclic) bond motifs is 1. The lowest BCUT2D eigenvalue weighted by Crippen LogP contribution is -2.45. The van der Waals surface area contributed by atoms with E-state index in [9.17, 15) is 5.11 Å². The molecule has 0 fully saturated rings. The number of rotatable bonds is 1. The van der Waals surface area contributed by atoms with E-state index in [2.05, 4.69) is 15.9 Å². The number of halogens is 1. The highest BCUT2D eigenvalue weighted by Gasteiger charge is 2.41. The Kier molecular flexibility index (Phi) is 2.88. The summed E-state index contributed by atoms with van der Waals surface area (Å²) < 4.78 is 11.0. The van der Waals surface area contributed by atoms with Gasteiger partial charge < -0.3 is 14.6 Å². The molecule has 0 saturated carbocycles. The lowest BCUT2D eigenvalue weighted by molar-refractivity contribution is 0.0223. The monoisotopic (exact) mass is 286 g/mol. The van der Waals surface area contributed by atoms with Crippen molar-refractivity contribution in [3.63, 3.8) is 0 Å². The van der Waals surface area contributed by atoms with Crippen molar-refractivity contribution in [2.45, 2.75) is 30.4 Å². The Hall–Kier alpha value is -0.740. The molecule has 2 atom stereocenters. The van der Waals surface area contributed by atoms with Crippen molar-refractivity contribution < 1.29 is 14.6 Å². The van der Waals surface area contributed by atoms with Crippen LogP contribution in [0.1, 0.15) is 25.5 Å². The number of ether oxygens (including phenoxy) is 2. The SMILES string of the molecule is COc1ccc2c(c1)OC(C)(C)[C@@H](Br)[C@H]2O. The largest absolute Gasteiger partial charge is 0.497 e. The molecule has 4 heteroatoms. The Morgan fingerprint density at radius 1 is 1.44 bits per heavy atom. The van der Waals surface area contributed by atoms with Crippen molar-refractivity contribution in [1.82, 2.24) is 0 Å². The quantitative estimate of drug-likeness (QED) is 0.807. The Labute approximate surface area is 104 Å². The van der Waals surface area contributed by atoms with Crippen molar-refractivity contribution >= 4 is 15.9 Å². The van der Waals surface area contributed by atoms with Gasteiger partial charge in [0.05, 0.1) is 18.0 Å². The zero-order chi connectivity index (χ0) is 11.9. The predicted octanol–water partition coefficient (Wildman–Crippen LogP) is 2.66. The molecule has 16 heavy (non-hydrogen) atoms. The van der Waals surface area contributed by atoms with Gasteiger partial charge in [-0.15, -0.1) is 0 Å². The van der Waals surface area contributed by atoms with E-state index >= 15 is 0 Å². The highest BCUT2D eigenvalue weighted by molar-refractivity contribution is 9.09. The Bertz CT molecular complexity index is 403. The second kappa shape index (κ2) is 3.93. The third-order valence-corrected chi connectivity index (χ3v) is 4.46. The summed E-state index contributed by atoms with van der Waals surface area (Å²) in [5, 5.41) is 10.2. The fourth-order valence-corrected chi connectivity index (χ4v) is 2.23. The van der Waals surface area contributed by atoms with Crippen LogP contribution < -0.4 is 9.47 Å². The van der Waals surface area contributed by atoms with Gasteiger partial charge in [0.15, 0.2) is 0 Å². The average Bonchev–Trinajstić information content (AvgIpc) is 2.25. The molecule has 0 aromatic heterocycles. The summed E-state index contributed by atoms with van der Waals surface area (Å²) in [6.45, 7) is 3.89. The molecule has 0 spiro atoms. The first-order valence-corrected chi connectivity index (χ1v) is 6.06. The summed E-state index contributed by atoms with van der Waals surface area (Å²) in [7, 11) is 1.61. The Morgan fingerprint density at radius 3 is 2.75 bits per heavy atom. The summed E-state index contributed by atoms with van der Waals surface area (Å²) in [5.74, 6) is 1.42. The predicted molar refractivity (Wildman–Crippen MR) is 65.4 cm³/mol. The third kappa shape index (κ3) is 1.80. The van der Waals surface area contributed by atoms with Gasteiger partial charge in [0, 0.05) is 11.6 Å². The van der Waals surface area contributed by atoms with E-state index in [1.807, 2.05) is 26.0 Å². The molecule has 0 radical (unpaired) electrons. The third-order valence-electron chi connectivity index (χ3n) is 2.85. The van der Waals surface area contributed by atoms with Crippen LogP contribution in [0.15, 0.2) is 18.2 Å². The number of methoxy groups -OCH3 is 1. The van der Waals surface area contributed by atoms with Gasteiger partial charge in [0.1, 0.15) is 17.1 Å². The summed E-state index contributed by atoms with van der Waals surface area (Å²) in [6, 6.07) is 5.46. The van der Waals surface area contributed by atoms with Crippen LogP contribution in [0.2, 0.25) is 0 Å². The molecule has 0 saturated heterocycles. The van der Waals surface area contributed by atoms with Gasteiger partial charge in [-0.1, -0.05) is 15.9 Å². The minimum Gasteiger partial charge on any atom is -0.497 e. The molecule has 1 aromatic rings. The fourth-order valence-electron chi connectivity index (χ4n) is 1.85. The number of aliphatic hydroxyl groups is 1. The van der Waals surface area contributed by atoms with Gasteiger partial charge >= 0.3 is 0 Å². The van der Waals surface area contributed by atoms with Gasteiger partial charge in [-0.05, 0) is 26.0 Å². The summed E-state index contributed by atoms with van der Waals surface area (Å²) in [6.07, 6.45) is -0.565. The number of hydrogen-bond acceptors (Lipinski definition) is 3. The van der Waals surface area contributed by atoms with E-state index in [1.165, 1.54) is 0 Å². The van der Waals surface area contributed by atoms with Crippen molar-refractivity contribution in [3.05, 3.63) is 23.8 Å². The summed E-state index contributed by atoms with van der Waals surface area (Å²) >= 11 is 3.47. The van der Waals surface area contributed by atoms with Gasteiger partial charge in [-0.2, -0.15) is 0 Å². The molecular weight excluding hydrogens is 272 g/mol. The minimum absolute atomic E-state index is 0.124. The van der Waals surface area contributed by atoms with Crippen LogP contribution in [0.25, 0.3) is 0 Å². The second-order valence-corrected chi connectivity index (χ2v) is 5.44. The molecule has 1 heterocycles. The van der Waals surface area contributed by atoms with Crippen LogP contribution in [0.5, 0.6) is 11.5 Å². The van der Waals surface area contributed by atoms with Crippen LogP contribution in [-0.4, -0.2) is 22.6 Å². The maximum absolute atomic E-state index is 10.2. The second-order valence-electron chi connectivity index (χ2n) is 4.46. The van der Waals surface area contributed by atoms with Gasteiger partial charge in [0.2, 0.25) is 0 Å².